The monoisotopic (exact) mass is 284 g/mol. The molecule has 0 aromatic carbocycles. The molecule has 116 valence electrons. The van der Waals surface area contributed by atoms with E-state index in [0.717, 1.165) is 19.3 Å². The van der Waals surface area contributed by atoms with Crippen molar-refractivity contribution in [3.63, 3.8) is 0 Å². The van der Waals surface area contributed by atoms with E-state index in [-0.39, 0.29) is 18.5 Å². The average molecular weight is 284 g/mol. The van der Waals surface area contributed by atoms with Crippen LogP contribution in [0, 0.1) is 5.92 Å². The fourth-order valence-corrected chi connectivity index (χ4v) is 2.83. The Balaban J connectivity index is 2.57. The molecule has 5 heteroatoms. The van der Waals surface area contributed by atoms with E-state index in [2.05, 4.69) is 13.8 Å². The highest BCUT2D eigenvalue weighted by Gasteiger charge is 2.30. The summed E-state index contributed by atoms with van der Waals surface area (Å²) in [5.74, 6) is -0.247. The molecule has 0 bridgehead atoms. The molecule has 0 aromatic heterocycles. The van der Waals surface area contributed by atoms with Gasteiger partial charge in [0.1, 0.15) is 6.04 Å². The molecule has 1 aliphatic heterocycles. The molecule has 1 saturated heterocycles. The third kappa shape index (κ3) is 4.78. The minimum Gasteiger partial charge on any atom is -0.480 e. The third-order valence-electron chi connectivity index (χ3n) is 4.10. The largest absolute Gasteiger partial charge is 0.480 e. The molecule has 1 rings (SSSR count). The first kappa shape index (κ1) is 17.0. The molecule has 1 fully saturated rings. The summed E-state index contributed by atoms with van der Waals surface area (Å²) < 4.78 is 0. The maximum Gasteiger partial charge on any atom is 0.320 e. The molecular formula is C15H28N2O3. The molecule has 0 radical (unpaired) electrons. The topological polar surface area (TPSA) is 60.9 Å². The number of likely N-dealkylation sites (N-methyl/N-ethyl adjacent to an activating group) is 1. The van der Waals surface area contributed by atoms with Crippen LogP contribution in [0.3, 0.4) is 0 Å². The lowest BCUT2D eigenvalue weighted by molar-refractivity contribution is -0.146. The van der Waals surface area contributed by atoms with Gasteiger partial charge in [-0.15, -0.1) is 0 Å². The van der Waals surface area contributed by atoms with Crippen LogP contribution in [0.15, 0.2) is 0 Å². The highest BCUT2D eigenvalue weighted by molar-refractivity contribution is 5.80. The van der Waals surface area contributed by atoms with Gasteiger partial charge in [0.15, 0.2) is 0 Å². The van der Waals surface area contributed by atoms with Crippen molar-refractivity contribution in [2.24, 2.45) is 5.92 Å². The molecule has 1 N–H and O–H groups in total. The van der Waals surface area contributed by atoms with Crippen LogP contribution in [0.2, 0.25) is 0 Å². The summed E-state index contributed by atoms with van der Waals surface area (Å²) >= 11 is 0. The predicted octanol–water partition coefficient (Wildman–Crippen LogP) is 1.82. The number of carboxylic acids is 1. The Hall–Kier alpha value is -1.10. The second kappa shape index (κ2) is 7.62. The van der Waals surface area contributed by atoms with Gasteiger partial charge in [-0.3, -0.25) is 14.5 Å². The van der Waals surface area contributed by atoms with Gasteiger partial charge < -0.3 is 10.0 Å². The van der Waals surface area contributed by atoms with Gasteiger partial charge in [0.2, 0.25) is 5.91 Å². The zero-order valence-electron chi connectivity index (χ0n) is 13.1. The number of carboxylic acid groups (broad SMARTS) is 1. The van der Waals surface area contributed by atoms with Gasteiger partial charge in [-0.2, -0.15) is 0 Å². The van der Waals surface area contributed by atoms with Crippen molar-refractivity contribution >= 4 is 11.9 Å². The highest BCUT2D eigenvalue weighted by atomic mass is 16.4. The first-order valence-corrected chi connectivity index (χ1v) is 7.55. The maximum absolute atomic E-state index is 12.3. The van der Waals surface area contributed by atoms with Gasteiger partial charge in [-0.05, 0) is 38.6 Å². The van der Waals surface area contributed by atoms with Crippen molar-refractivity contribution < 1.29 is 14.7 Å². The molecule has 1 aliphatic rings. The van der Waals surface area contributed by atoms with Crippen LogP contribution in [0.5, 0.6) is 0 Å². The molecule has 0 aliphatic carbocycles. The summed E-state index contributed by atoms with van der Waals surface area (Å²) in [5.41, 5.74) is 0. The number of amides is 1. The molecule has 0 aromatic rings. The number of likely N-dealkylation sites (tertiary alicyclic amines) is 1. The van der Waals surface area contributed by atoms with E-state index in [1.807, 2.05) is 18.9 Å². The standard InChI is InChI=1S/C15H28N2O3/c1-11(2)9-12(3)16(4)14(18)10-17-8-6-5-7-13(17)15(19)20/h11-13H,5-10H2,1-4H3,(H,19,20). The summed E-state index contributed by atoms with van der Waals surface area (Å²) in [6, 6.07) is -0.308. The Bertz CT molecular complexity index is 344. The van der Waals surface area contributed by atoms with Crippen LogP contribution in [-0.2, 0) is 9.59 Å². The fourth-order valence-electron chi connectivity index (χ4n) is 2.83. The number of rotatable bonds is 6. The van der Waals surface area contributed by atoms with Crippen LogP contribution < -0.4 is 0 Å². The average Bonchev–Trinajstić information content (AvgIpc) is 2.37. The number of carbonyl (C=O) groups is 2. The SMILES string of the molecule is CC(C)CC(C)N(C)C(=O)CN1CCCCC1C(=O)O. The van der Waals surface area contributed by atoms with Crippen molar-refractivity contribution in [3.05, 3.63) is 0 Å². The molecule has 1 amide bonds. The molecule has 1 heterocycles. The summed E-state index contributed by atoms with van der Waals surface area (Å²) in [6.07, 6.45) is 3.52. The summed E-state index contributed by atoms with van der Waals surface area (Å²) in [7, 11) is 1.81. The Labute approximate surface area is 121 Å². The molecule has 20 heavy (non-hydrogen) atoms. The third-order valence-corrected chi connectivity index (χ3v) is 4.10. The van der Waals surface area contributed by atoms with Gasteiger partial charge in [-0.1, -0.05) is 20.3 Å². The lowest BCUT2D eigenvalue weighted by Crippen LogP contribution is -2.50. The van der Waals surface area contributed by atoms with E-state index >= 15 is 0 Å². The van der Waals surface area contributed by atoms with Gasteiger partial charge in [0.05, 0.1) is 6.54 Å². The zero-order valence-corrected chi connectivity index (χ0v) is 13.1. The van der Waals surface area contributed by atoms with Crippen molar-refractivity contribution in [3.8, 4) is 0 Å². The first-order valence-electron chi connectivity index (χ1n) is 7.55. The fraction of sp³-hybridized carbons (Fsp3) is 0.867. The second-order valence-electron chi connectivity index (χ2n) is 6.30. The summed E-state index contributed by atoms with van der Waals surface area (Å²) in [4.78, 5) is 27.1. The van der Waals surface area contributed by atoms with Crippen LogP contribution in [0.1, 0.15) is 46.5 Å². The van der Waals surface area contributed by atoms with Crippen LogP contribution in [-0.4, -0.2) is 59.0 Å². The summed E-state index contributed by atoms with van der Waals surface area (Å²) in [5, 5.41) is 9.22. The van der Waals surface area contributed by atoms with Gasteiger partial charge in [0.25, 0.3) is 0 Å². The Morgan fingerprint density at radius 3 is 2.50 bits per heavy atom. The van der Waals surface area contributed by atoms with Crippen molar-refractivity contribution in [1.82, 2.24) is 9.80 Å². The Morgan fingerprint density at radius 1 is 1.30 bits per heavy atom. The molecule has 0 spiro atoms. The minimum atomic E-state index is -0.810. The van der Waals surface area contributed by atoms with Crippen LogP contribution >= 0.6 is 0 Å². The molecule has 0 saturated carbocycles. The lowest BCUT2D eigenvalue weighted by atomic mass is 10.0. The highest BCUT2D eigenvalue weighted by Crippen LogP contribution is 2.18. The quantitative estimate of drug-likeness (QED) is 0.808. The van der Waals surface area contributed by atoms with E-state index in [9.17, 15) is 14.7 Å². The van der Waals surface area contributed by atoms with Gasteiger partial charge >= 0.3 is 5.97 Å². The van der Waals surface area contributed by atoms with Crippen LogP contribution in [0.4, 0.5) is 0 Å². The first-order chi connectivity index (χ1) is 9.32. The Kier molecular flexibility index (Phi) is 6.46. The number of carbonyl (C=O) groups excluding carboxylic acids is 1. The number of hydrogen-bond acceptors (Lipinski definition) is 3. The maximum atomic E-state index is 12.3. The predicted molar refractivity (Wildman–Crippen MR) is 78.5 cm³/mol. The van der Waals surface area contributed by atoms with E-state index in [0.29, 0.717) is 18.9 Å². The molecule has 2 atom stereocenters. The van der Waals surface area contributed by atoms with E-state index in [4.69, 9.17) is 0 Å². The summed E-state index contributed by atoms with van der Waals surface area (Å²) in [6.45, 7) is 7.24. The van der Waals surface area contributed by atoms with Gasteiger partial charge in [-0.25, -0.2) is 0 Å². The molecule has 5 nitrogen and oxygen atoms in total. The number of hydrogen-bond donors (Lipinski definition) is 1. The van der Waals surface area contributed by atoms with Crippen LogP contribution in [0.25, 0.3) is 0 Å². The van der Waals surface area contributed by atoms with E-state index in [1.165, 1.54) is 0 Å². The van der Waals surface area contributed by atoms with Gasteiger partial charge in [0, 0.05) is 13.1 Å². The second-order valence-corrected chi connectivity index (χ2v) is 6.30. The number of nitrogens with zero attached hydrogens (tertiary/aromatic N) is 2. The molecule has 2 unspecified atom stereocenters. The normalized spacial score (nSPS) is 21.8. The lowest BCUT2D eigenvalue weighted by Gasteiger charge is -2.34. The minimum absolute atomic E-state index is 0.0197. The smallest absolute Gasteiger partial charge is 0.320 e. The molecular weight excluding hydrogens is 256 g/mol. The number of piperidine rings is 1. The van der Waals surface area contributed by atoms with Crippen molar-refractivity contribution in [1.29, 1.82) is 0 Å². The number of aliphatic carboxylic acids is 1. The van der Waals surface area contributed by atoms with Crippen molar-refractivity contribution in [2.75, 3.05) is 20.1 Å². The van der Waals surface area contributed by atoms with E-state index in [1.54, 1.807) is 4.90 Å². The van der Waals surface area contributed by atoms with Crippen molar-refractivity contribution in [2.45, 2.75) is 58.5 Å². The zero-order chi connectivity index (χ0) is 15.3. The Morgan fingerprint density at radius 2 is 1.95 bits per heavy atom. The van der Waals surface area contributed by atoms with E-state index < -0.39 is 12.0 Å².